The van der Waals surface area contributed by atoms with Gasteiger partial charge in [-0.2, -0.15) is 0 Å². The fourth-order valence-corrected chi connectivity index (χ4v) is 4.66. The van der Waals surface area contributed by atoms with Crippen LogP contribution in [-0.2, 0) is 12.1 Å². The molecule has 0 bridgehead atoms. The van der Waals surface area contributed by atoms with Gasteiger partial charge in [0.25, 0.3) is 5.89 Å². The van der Waals surface area contributed by atoms with Crippen molar-refractivity contribution in [2.24, 2.45) is 5.92 Å². The molecule has 3 aromatic rings. The zero-order valence-electron chi connectivity index (χ0n) is 19.1. The minimum atomic E-state index is -1.48. The summed E-state index contributed by atoms with van der Waals surface area (Å²) in [5.74, 6) is 1.59. The van der Waals surface area contributed by atoms with Gasteiger partial charge in [0, 0.05) is 6.42 Å². The predicted octanol–water partition coefficient (Wildman–Crippen LogP) is 3.91. The molecule has 0 aliphatic heterocycles. The van der Waals surface area contributed by atoms with E-state index in [0.29, 0.717) is 29.1 Å². The molecule has 1 aromatic heterocycles. The maximum Gasteiger partial charge on any atom is 0.271 e. The molecule has 0 radical (unpaired) electrons. The first kappa shape index (κ1) is 22.5. The summed E-state index contributed by atoms with van der Waals surface area (Å²) in [7, 11) is 4.26. The molecule has 1 atom stereocenters. The molecule has 6 heteroatoms. The average molecular weight is 436 g/mol. The van der Waals surface area contributed by atoms with E-state index in [9.17, 15) is 5.11 Å². The maximum absolute atomic E-state index is 14.2. The minimum absolute atomic E-state index is 0.0177. The lowest BCUT2D eigenvalue weighted by molar-refractivity contribution is -0.905. The molecule has 1 saturated carbocycles. The van der Waals surface area contributed by atoms with E-state index < -0.39 is 5.60 Å². The Morgan fingerprint density at radius 2 is 1.66 bits per heavy atom. The molecule has 1 aliphatic rings. The molecule has 1 heterocycles. The third-order valence-electron chi connectivity index (χ3n) is 6.40. The first-order valence-corrected chi connectivity index (χ1v) is 11.6. The summed E-state index contributed by atoms with van der Waals surface area (Å²) in [6, 6.07) is 19.4. The Bertz CT molecular complexity index is 968. The topological polar surface area (TPSA) is 71.2 Å². The number of quaternary nitrogens is 1. The normalized spacial score (nSPS) is 16.7. The second kappa shape index (κ2) is 9.84. The van der Waals surface area contributed by atoms with Crippen LogP contribution in [0.1, 0.15) is 49.4 Å². The van der Waals surface area contributed by atoms with Gasteiger partial charge in [-0.1, -0.05) is 74.2 Å². The second-order valence-corrected chi connectivity index (χ2v) is 9.42. The van der Waals surface area contributed by atoms with Gasteiger partial charge in [-0.25, -0.2) is 0 Å². The molecular formula is C26H33N3O3. The second-order valence-electron chi connectivity index (χ2n) is 9.42. The first-order valence-electron chi connectivity index (χ1n) is 11.6. The Hall–Kier alpha value is -2.70. The van der Waals surface area contributed by atoms with Gasteiger partial charge < -0.3 is 18.7 Å². The Morgan fingerprint density at radius 1 is 1.00 bits per heavy atom. The summed E-state index contributed by atoms with van der Waals surface area (Å²) in [5.41, 5.74) is -0.766. The molecule has 2 aromatic carbocycles. The molecule has 32 heavy (non-hydrogen) atoms. The Balaban J connectivity index is 1.41. The smallest absolute Gasteiger partial charge is 0.271 e. The molecule has 170 valence electrons. The zero-order valence-corrected chi connectivity index (χ0v) is 19.1. The highest BCUT2D eigenvalue weighted by atomic mass is 16.5. The molecule has 0 saturated heterocycles. The van der Waals surface area contributed by atoms with E-state index in [4.69, 9.17) is 9.15 Å². The number of rotatable bonds is 10. The van der Waals surface area contributed by atoms with Gasteiger partial charge in [-0.05, 0) is 29.2 Å². The first-order chi connectivity index (χ1) is 15.5. The fourth-order valence-electron chi connectivity index (χ4n) is 4.66. The van der Waals surface area contributed by atoms with Crippen LogP contribution in [0.5, 0.6) is 5.75 Å². The Morgan fingerprint density at radius 3 is 2.34 bits per heavy atom. The van der Waals surface area contributed by atoms with E-state index in [-0.39, 0.29) is 11.8 Å². The third-order valence-corrected chi connectivity index (χ3v) is 6.40. The van der Waals surface area contributed by atoms with Crippen molar-refractivity contribution in [3.05, 3.63) is 78.0 Å². The summed E-state index contributed by atoms with van der Waals surface area (Å²) >= 11 is 0. The number of para-hydroxylation sites is 1. The van der Waals surface area contributed by atoms with Gasteiger partial charge in [-0.15, -0.1) is 10.2 Å². The van der Waals surface area contributed by atoms with Crippen molar-refractivity contribution in [2.45, 2.75) is 44.2 Å². The van der Waals surface area contributed by atoms with Crippen LogP contribution >= 0.6 is 0 Å². The highest BCUT2D eigenvalue weighted by molar-refractivity contribution is 5.29. The van der Waals surface area contributed by atoms with Gasteiger partial charge in [-0.3, -0.25) is 0 Å². The lowest BCUT2D eigenvalue weighted by Crippen LogP contribution is -2.48. The van der Waals surface area contributed by atoms with Gasteiger partial charge >= 0.3 is 0 Å². The van der Waals surface area contributed by atoms with E-state index in [1.54, 1.807) is 0 Å². The fraction of sp³-hybridized carbons (Fsp3) is 0.462. The van der Waals surface area contributed by atoms with Crippen LogP contribution < -0.4 is 9.84 Å². The molecule has 1 unspecified atom stereocenters. The predicted molar refractivity (Wildman–Crippen MR) is 121 cm³/mol. The molecule has 0 N–H and O–H groups in total. The van der Waals surface area contributed by atoms with Crippen molar-refractivity contribution < 1.29 is 18.7 Å². The monoisotopic (exact) mass is 435 g/mol. The number of aromatic nitrogens is 2. The van der Waals surface area contributed by atoms with E-state index >= 15 is 0 Å². The van der Waals surface area contributed by atoms with Crippen molar-refractivity contribution in [3.63, 3.8) is 0 Å². The van der Waals surface area contributed by atoms with Crippen molar-refractivity contribution in [2.75, 3.05) is 27.2 Å². The van der Waals surface area contributed by atoms with Gasteiger partial charge in [0.15, 0.2) is 6.54 Å². The van der Waals surface area contributed by atoms with Gasteiger partial charge in [0.2, 0.25) is 5.89 Å². The van der Waals surface area contributed by atoms with Crippen molar-refractivity contribution in [1.82, 2.24) is 10.2 Å². The SMILES string of the molecule is C[N+](C)(CCCOc1ccccc1)Cc1nnc(C([O-])(c2ccccc2)C2CCCC2)o1. The van der Waals surface area contributed by atoms with E-state index in [1.165, 1.54) is 0 Å². The zero-order chi connectivity index (χ0) is 22.4. The number of hydrogen-bond acceptors (Lipinski definition) is 5. The Kier molecular flexibility index (Phi) is 6.92. The average Bonchev–Trinajstić information content (AvgIpc) is 3.50. The number of nitrogens with zero attached hydrogens (tertiary/aromatic N) is 3. The Labute approximate surface area is 190 Å². The highest BCUT2D eigenvalue weighted by Crippen LogP contribution is 2.42. The molecule has 0 spiro atoms. The van der Waals surface area contributed by atoms with Crippen LogP contribution in [0, 0.1) is 5.92 Å². The number of ether oxygens (including phenoxy) is 1. The molecule has 1 fully saturated rings. The highest BCUT2D eigenvalue weighted by Gasteiger charge is 2.38. The lowest BCUT2D eigenvalue weighted by Gasteiger charge is -2.43. The summed E-state index contributed by atoms with van der Waals surface area (Å²) in [4.78, 5) is 0. The molecular weight excluding hydrogens is 402 g/mol. The lowest BCUT2D eigenvalue weighted by atomic mass is 9.80. The summed E-state index contributed by atoms with van der Waals surface area (Å²) < 4.78 is 12.5. The van der Waals surface area contributed by atoms with Crippen molar-refractivity contribution >= 4 is 0 Å². The van der Waals surface area contributed by atoms with Crippen LogP contribution in [0.2, 0.25) is 0 Å². The third kappa shape index (κ3) is 5.19. The van der Waals surface area contributed by atoms with Crippen molar-refractivity contribution in [1.29, 1.82) is 0 Å². The van der Waals surface area contributed by atoms with Gasteiger partial charge in [0.1, 0.15) is 5.75 Å². The molecule has 1 aliphatic carbocycles. The van der Waals surface area contributed by atoms with Crippen LogP contribution in [0.3, 0.4) is 0 Å². The van der Waals surface area contributed by atoms with Gasteiger partial charge in [0.05, 0.1) is 27.2 Å². The summed E-state index contributed by atoms with van der Waals surface area (Å²) in [6.07, 6.45) is 4.87. The standard InChI is InChI=1S/C26H33N3O3/c1-29(2,18-11-19-31-23-16-7-4-8-17-23)20-24-27-28-25(32-24)26(30,22-14-9-10-15-22)21-12-5-3-6-13-21/h3-8,12-13,16-17,22H,9-11,14-15,18-20H2,1-2H3. The molecule has 4 rings (SSSR count). The van der Waals surface area contributed by atoms with Crippen LogP contribution in [0.4, 0.5) is 0 Å². The van der Waals surface area contributed by atoms with E-state index in [1.807, 2.05) is 60.7 Å². The van der Waals surface area contributed by atoms with E-state index in [2.05, 4.69) is 24.3 Å². The number of benzene rings is 2. The molecule has 6 nitrogen and oxygen atoms in total. The number of hydrogen-bond donors (Lipinski definition) is 0. The summed E-state index contributed by atoms with van der Waals surface area (Å²) in [5, 5.41) is 22.8. The summed E-state index contributed by atoms with van der Waals surface area (Å²) in [6.45, 7) is 2.13. The quantitative estimate of drug-likeness (QED) is 0.357. The minimum Gasteiger partial charge on any atom is -0.839 e. The molecule has 0 amide bonds. The largest absolute Gasteiger partial charge is 0.839 e. The van der Waals surface area contributed by atoms with Crippen molar-refractivity contribution in [3.8, 4) is 5.75 Å². The van der Waals surface area contributed by atoms with Crippen LogP contribution in [0.25, 0.3) is 0 Å². The van der Waals surface area contributed by atoms with Crippen LogP contribution in [-0.4, -0.2) is 41.9 Å². The van der Waals surface area contributed by atoms with E-state index in [0.717, 1.165) is 44.4 Å². The van der Waals surface area contributed by atoms with Crippen LogP contribution in [0.15, 0.2) is 65.1 Å². The maximum atomic E-state index is 14.2.